The van der Waals surface area contributed by atoms with Gasteiger partial charge in [0.15, 0.2) is 7.28 Å². The highest BCUT2D eigenvalue weighted by atomic mass is 15.2. The molecule has 0 saturated heterocycles. The molecule has 0 amide bonds. The molecule has 0 aromatic heterocycles. The lowest BCUT2D eigenvalue weighted by Gasteiger charge is -2.45. The van der Waals surface area contributed by atoms with Crippen molar-refractivity contribution in [2.24, 2.45) is 0 Å². The first-order valence-electron chi connectivity index (χ1n) is 30.2. The number of rotatable bonds is 4. The summed E-state index contributed by atoms with van der Waals surface area (Å²) in [6.07, 6.45) is 9.48. The third-order valence-corrected chi connectivity index (χ3v) is 22.1. The van der Waals surface area contributed by atoms with Gasteiger partial charge in [0.05, 0.1) is 0 Å². The molecule has 0 spiro atoms. The predicted molar refractivity (Wildman–Crippen MR) is 338 cm³/mol. The molecule has 0 fully saturated rings. The molecule has 6 aliphatic rings. The second-order valence-corrected chi connectivity index (χ2v) is 31.5. The summed E-state index contributed by atoms with van der Waals surface area (Å²) in [6, 6.07) is 42.3. The van der Waals surface area contributed by atoms with Gasteiger partial charge in [-0.15, -0.1) is 0 Å². The number of hydrogen-bond donors (Lipinski definition) is 1. The third-order valence-electron chi connectivity index (χ3n) is 22.1. The van der Waals surface area contributed by atoms with Gasteiger partial charge in [0.1, 0.15) is 0 Å². The van der Waals surface area contributed by atoms with Gasteiger partial charge >= 0.3 is 0 Å². The zero-order chi connectivity index (χ0) is 55.4. The highest BCUT2D eigenvalue weighted by Crippen LogP contribution is 2.60. The lowest BCUT2D eigenvalue weighted by molar-refractivity contribution is 0.331. The third kappa shape index (κ3) is 7.53. The standard InChI is InChI=1S/C75H88BN2/c1-67(2)29-31-69(5,6)54-38-45(23-26-51(54)67)77-61-28-25-48-49-40-56-57(72(11,12)34-33-71(56,9)10)41-53(49)75(17,18)64(48)63(61)50-37-44-21-19-20-22-47(44)66-65(50)76-60-42-58-59(74(15,16)36-35-73(58,13)14)43-62(60)78(66)46-24-27-52-55(39-46)70(7,8)32-30-68(52,3)4/h19-28,37-43,77H,29-36H2,1-18H3. The molecule has 3 heteroatoms. The lowest BCUT2D eigenvalue weighted by Crippen LogP contribution is -2.44. The lowest BCUT2D eigenvalue weighted by atomic mass is 9.54. The van der Waals surface area contributed by atoms with E-state index < -0.39 is 0 Å². The van der Waals surface area contributed by atoms with Crippen LogP contribution >= 0.6 is 0 Å². The Morgan fingerprint density at radius 2 is 0.885 bits per heavy atom. The van der Waals surface area contributed by atoms with E-state index >= 15 is 0 Å². The van der Waals surface area contributed by atoms with E-state index in [2.05, 4.69) is 245 Å². The predicted octanol–water partition coefficient (Wildman–Crippen LogP) is 19.4. The smallest absolute Gasteiger partial charge is 0.197 e. The van der Waals surface area contributed by atoms with Crippen molar-refractivity contribution >= 4 is 57.4 Å². The number of nitrogens with one attached hydrogen (secondary N) is 1. The Labute approximate surface area is 470 Å². The van der Waals surface area contributed by atoms with E-state index in [1.54, 1.807) is 0 Å². The minimum Gasteiger partial charge on any atom is -0.355 e. The van der Waals surface area contributed by atoms with E-state index in [9.17, 15) is 0 Å². The summed E-state index contributed by atoms with van der Waals surface area (Å²) < 4.78 is 0. The highest BCUT2D eigenvalue weighted by molar-refractivity contribution is 6.74. The van der Waals surface area contributed by atoms with Crippen LogP contribution in [0.1, 0.15) is 232 Å². The molecule has 401 valence electrons. The molecule has 1 N–H and O–H groups in total. The van der Waals surface area contributed by atoms with Gasteiger partial charge < -0.3 is 10.2 Å². The number of hydrogen-bond acceptors (Lipinski definition) is 2. The maximum absolute atomic E-state index is 4.26. The zero-order valence-corrected chi connectivity index (χ0v) is 51.0. The summed E-state index contributed by atoms with van der Waals surface area (Å²) in [6.45, 7) is 44.7. The minimum atomic E-state index is -0.303. The van der Waals surface area contributed by atoms with E-state index in [1.807, 2.05) is 0 Å². The second-order valence-electron chi connectivity index (χ2n) is 31.5. The van der Waals surface area contributed by atoms with Crippen molar-refractivity contribution in [1.29, 1.82) is 0 Å². The summed E-state index contributed by atoms with van der Waals surface area (Å²) in [5.41, 5.74) is 29.4. The van der Waals surface area contributed by atoms with Gasteiger partial charge in [-0.05, 0) is 226 Å². The van der Waals surface area contributed by atoms with Crippen LogP contribution in [0.3, 0.4) is 0 Å². The molecular weight excluding hydrogens is 940 g/mol. The van der Waals surface area contributed by atoms with Crippen LogP contribution in [0.4, 0.5) is 28.4 Å². The molecule has 5 aliphatic carbocycles. The summed E-state index contributed by atoms with van der Waals surface area (Å²) in [4.78, 5) is 2.73. The van der Waals surface area contributed by atoms with E-state index in [1.165, 1.54) is 174 Å². The molecule has 1 aliphatic heterocycles. The maximum atomic E-state index is 4.26. The fourth-order valence-electron chi connectivity index (χ4n) is 16.3. The van der Waals surface area contributed by atoms with Gasteiger partial charge in [-0.3, -0.25) is 0 Å². The van der Waals surface area contributed by atoms with Crippen molar-refractivity contribution in [3.63, 3.8) is 0 Å². The molecule has 1 heterocycles. The molecule has 78 heavy (non-hydrogen) atoms. The van der Waals surface area contributed by atoms with Gasteiger partial charge in [-0.25, -0.2) is 0 Å². The summed E-state index contributed by atoms with van der Waals surface area (Å²) in [7, 11) is 2.62. The molecule has 13 rings (SSSR count). The highest BCUT2D eigenvalue weighted by Gasteiger charge is 2.47. The van der Waals surface area contributed by atoms with Crippen molar-refractivity contribution in [2.75, 3.05) is 10.2 Å². The average molecular weight is 1030 g/mol. The normalized spacial score (nSPS) is 22.1. The quantitative estimate of drug-likeness (QED) is 0.177. The first-order valence-corrected chi connectivity index (χ1v) is 30.2. The topological polar surface area (TPSA) is 15.3 Å². The molecule has 0 atom stereocenters. The van der Waals surface area contributed by atoms with Gasteiger partial charge in [-0.2, -0.15) is 0 Å². The van der Waals surface area contributed by atoms with E-state index in [-0.39, 0.29) is 48.7 Å². The van der Waals surface area contributed by atoms with Gasteiger partial charge in [-0.1, -0.05) is 185 Å². The summed E-state index contributed by atoms with van der Waals surface area (Å²) >= 11 is 0. The maximum Gasteiger partial charge on any atom is 0.197 e. The monoisotopic (exact) mass is 1030 g/mol. The molecular formula is C75H88BN2. The minimum absolute atomic E-state index is 0.0503. The molecule has 7 aromatic rings. The van der Waals surface area contributed by atoms with E-state index in [0.717, 1.165) is 5.69 Å². The largest absolute Gasteiger partial charge is 0.355 e. The van der Waals surface area contributed by atoms with Crippen molar-refractivity contribution in [1.82, 2.24) is 0 Å². The molecule has 1 radical (unpaired) electrons. The van der Waals surface area contributed by atoms with Crippen LogP contribution in [0.25, 0.3) is 33.0 Å². The van der Waals surface area contributed by atoms with E-state index in [0.29, 0.717) is 0 Å². The number of benzene rings is 7. The number of fused-ring (bicyclic) bond motifs is 11. The van der Waals surface area contributed by atoms with E-state index in [4.69, 9.17) is 0 Å². The molecule has 7 aromatic carbocycles. The Hall–Kier alpha value is -5.54. The summed E-state index contributed by atoms with van der Waals surface area (Å²) in [5, 5.41) is 6.81. The second kappa shape index (κ2) is 16.3. The summed E-state index contributed by atoms with van der Waals surface area (Å²) in [5.74, 6) is 0. The van der Waals surface area contributed by atoms with Gasteiger partial charge in [0.2, 0.25) is 0 Å². The van der Waals surface area contributed by atoms with Gasteiger partial charge in [0, 0.05) is 44.8 Å². The van der Waals surface area contributed by atoms with Crippen LogP contribution in [0.5, 0.6) is 0 Å². The van der Waals surface area contributed by atoms with Crippen LogP contribution in [0, 0.1) is 0 Å². The number of nitrogens with zero attached hydrogens (tertiary/aromatic N) is 1. The van der Waals surface area contributed by atoms with Gasteiger partial charge in [0.25, 0.3) is 0 Å². The van der Waals surface area contributed by atoms with Crippen LogP contribution < -0.4 is 21.1 Å². The Balaban J connectivity index is 1.13. The molecule has 0 bridgehead atoms. The van der Waals surface area contributed by atoms with Crippen LogP contribution in [0.15, 0.2) is 103 Å². The van der Waals surface area contributed by atoms with Crippen LogP contribution in [0.2, 0.25) is 0 Å². The van der Waals surface area contributed by atoms with Crippen LogP contribution in [-0.4, -0.2) is 7.28 Å². The first-order chi connectivity index (χ1) is 36.3. The molecule has 2 nitrogen and oxygen atoms in total. The van der Waals surface area contributed by atoms with Crippen molar-refractivity contribution < 1.29 is 0 Å². The first kappa shape index (κ1) is 51.9. The van der Waals surface area contributed by atoms with Crippen molar-refractivity contribution in [2.45, 2.75) is 225 Å². The Morgan fingerprint density at radius 1 is 0.397 bits per heavy atom. The Morgan fingerprint density at radius 3 is 1.47 bits per heavy atom. The number of anilines is 5. The zero-order valence-electron chi connectivity index (χ0n) is 51.0. The fourth-order valence-corrected chi connectivity index (χ4v) is 16.3. The SMILES string of the molecule is CC1(C)CCC(C)(C)c2cc(Nc3ccc4c(c3-c3cc5ccccc5c5c3[B]c3cc6c(cc3N5c3ccc5c(c3)C(C)(C)CCC5(C)C)C(C)(C)CCC6(C)C)C(C)(C)c3cc5c(cc3-4)C(C)(C)CCC5(C)C)ccc21. The van der Waals surface area contributed by atoms with Crippen molar-refractivity contribution in [3.8, 4) is 22.3 Å². The van der Waals surface area contributed by atoms with Crippen LogP contribution in [-0.2, 0) is 48.7 Å². The van der Waals surface area contributed by atoms with Crippen molar-refractivity contribution in [3.05, 3.63) is 159 Å². The molecule has 0 saturated carbocycles. The Bertz CT molecular complexity index is 3730. The average Bonchev–Trinajstić information content (AvgIpc) is 3.66. The molecule has 0 unspecified atom stereocenters. The Kier molecular flexibility index (Phi) is 10.9. The fraction of sp³-hybridized carbons (Fsp3) is 0.467.